The van der Waals surface area contributed by atoms with E-state index in [0.29, 0.717) is 13.1 Å². The zero-order chi connectivity index (χ0) is 11.7. The normalized spacial score (nSPS) is 21.4. The first kappa shape index (κ1) is 12.3. The fourth-order valence-electron chi connectivity index (χ4n) is 1.31. The Hall–Kier alpha value is -0.810. The molecule has 5 heteroatoms. The van der Waals surface area contributed by atoms with E-state index < -0.39 is 17.3 Å². The highest BCUT2D eigenvalue weighted by Crippen LogP contribution is 2.16. The average Bonchev–Trinajstić information content (AvgIpc) is 1.95. The van der Waals surface area contributed by atoms with Crippen LogP contribution < -0.4 is 10.6 Å². The zero-order valence-electron chi connectivity index (χ0n) is 9.76. The van der Waals surface area contributed by atoms with Gasteiger partial charge in [0.2, 0.25) is 0 Å². The van der Waals surface area contributed by atoms with Crippen molar-refractivity contribution in [2.75, 3.05) is 13.1 Å². The Labute approximate surface area is 90.2 Å². The van der Waals surface area contributed by atoms with Crippen molar-refractivity contribution in [3.8, 4) is 0 Å². The van der Waals surface area contributed by atoms with Gasteiger partial charge in [-0.25, -0.2) is 4.79 Å². The largest absolute Gasteiger partial charge is 0.444 e. The molecule has 3 N–H and O–H groups in total. The van der Waals surface area contributed by atoms with Gasteiger partial charge in [-0.2, -0.15) is 0 Å². The molecular formula is C10H20N2O3. The van der Waals surface area contributed by atoms with Crippen molar-refractivity contribution in [2.45, 2.75) is 44.9 Å². The van der Waals surface area contributed by atoms with E-state index in [4.69, 9.17) is 4.74 Å². The van der Waals surface area contributed by atoms with Crippen LogP contribution >= 0.6 is 0 Å². The molecule has 0 bridgehead atoms. The molecule has 0 radical (unpaired) electrons. The van der Waals surface area contributed by atoms with Crippen LogP contribution in [0.2, 0.25) is 0 Å². The molecule has 1 unspecified atom stereocenters. The molecule has 1 amide bonds. The summed E-state index contributed by atoms with van der Waals surface area (Å²) in [7, 11) is 0. The van der Waals surface area contributed by atoms with Crippen LogP contribution in [0.1, 0.15) is 27.7 Å². The van der Waals surface area contributed by atoms with Gasteiger partial charge in [-0.15, -0.1) is 0 Å². The summed E-state index contributed by atoms with van der Waals surface area (Å²) in [6, 6.07) is -0.311. The summed E-state index contributed by atoms with van der Waals surface area (Å²) >= 11 is 0. The number of nitrogens with one attached hydrogen (secondary N) is 2. The molecule has 1 heterocycles. The first-order chi connectivity index (χ1) is 6.73. The summed E-state index contributed by atoms with van der Waals surface area (Å²) in [5.41, 5.74) is -1.35. The third-order valence-electron chi connectivity index (χ3n) is 2.40. The van der Waals surface area contributed by atoms with Crippen molar-refractivity contribution in [3.05, 3.63) is 0 Å². The van der Waals surface area contributed by atoms with Crippen molar-refractivity contribution in [3.63, 3.8) is 0 Å². The first-order valence-electron chi connectivity index (χ1n) is 5.15. The highest BCUT2D eigenvalue weighted by atomic mass is 16.6. The zero-order valence-corrected chi connectivity index (χ0v) is 9.76. The minimum atomic E-state index is -0.836. The van der Waals surface area contributed by atoms with E-state index in [1.165, 1.54) is 0 Å². The maximum Gasteiger partial charge on any atom is 0.407 e. The SMILES string of the molecule is CC(NC(=O)OC(C)(C)C)C1(O)CNC1. The van der Waals surface area contributed by atoms with Crippen molar-refractivity contribution in [1.29, 1.82) is 0 Å². The number of ether oxygens (including phenoxy) is 1. The second-order valence-electron chi connectivity index (χ2n) is 5.08. The van der Waals surface area contributed by atoms with Crippen LogP contribution in [-0.4, -0.2) is 41.5 Å². The van der Waals surface area contributed by atoms with Crippen molar-refractivity contribution < 1.29 is 14.6 Å². The van der Waals surface area contributed by atoms with Gasteiger partial charge in [0.15, 0.2) is 0 Å². The lowest BCUT2D eigenvalue weighted by molar-refractivity contribution is -0.0407. The third-order valence-corrected chi connectivity index (χ3v) is 2.40. The smallest absolute Gasteiger partial charge is 0.407 e. The van der Waals surface area contributed by atoms with E-state index in [0.717, 1.165) is 0 Å². The molecule has 15 heavy (non-hydrogen) atoms. The summed E-state index contributed by atoms with van der Waals surface area (Å²) in [6.07, 6.45) is -0.490. The monoisotopic (exact) mass is 216 g/mol. The highest BCUT2D eigenvalue weighted by molar-refractivity contribution is 5.68. The number of rotatable bonds is 2. The Morgan fingerprint density at radius 1 is 1.53 bits per heavy atom. The Kier molecular flexibility index (Phi) is 3.25. The number of alkyl carbamates (subject to hydrolysis) is 1. The first-order valence-corrected chi connectivity index (χ1v) is 5.15. The van der Waals surface area contributed by atoms with Gasteiger partial charge in [-0.05, 0) is 27.7 Å². The summed E-state index contributed by atoms with van der Waals surface area (Å²) in [5, 5.41) is 15.5. The quantitative estimate of drug-likeness (QED) is 0.618. The van der Waals surface area contributed by atoms with Crippen LogP contribution in [0, 0.1) is 0 Å². The minimum absolute atomic E-state index is 0.311. The number of amides is 1. The molecular weight excluding hydrogens is 196 g/mol. The lowest BCUT2D eigenvalue weighted by Gasteiger charge is -2.42. The molecule has 5 nitrogen and oxygen atoms in total. The van der Waals surface area contributed by atoms with E-state index in [1.807, 2.05) is 0 Å². The van der Waals surface area contributed by atoms with Crippen LogP contribution in [0.4, 0.5) is 4.79 Å². The second-order valence-corrected chi connectivity index (χ2v) is 5.08. The molecule has 1 aliphatic heterocycles. The minimum Gasteiger partial charge on any atom is -0.444 e. The van der Waals surface area contributed by atoms with Crippen molar-refractivity contribution >= 4 is 6.09 Å². The molecule has 1 saturated heterocycles. The van der Waals surface area contributed by atoms with Crippen LogP contribution in [0.25, 0.3) is 0 Å². The predicted octanol–water partition coefficient (Wildman–Crippen LogP) is 0.234. The standard InChI is InChI=1S/C10H20N2O3/c1-7(10(14)5-11-6-10)12-8(13)15-9(2,3)4/h7,11,14H,5-6H2,1-4H3,(H,12,13). The van der Waals surface area contributed by atoms with Crippen LogP contribution in [0.15, 0.2) is 0 Å². The number of hydrogen-bond donors (Lipinski definition) is 3. The molecule has 0 aromatic heterocycles. The van der Waals surface area contributed by atoms with Gasteiger partial charge in [-0.1, -0.05) is 0 Å². The van der Waals surface area contributed by atoms with E-state index in [1.54, 1.807) is 27.7 Å². The Balaban J connectivity index is 2.38. The second kappa shape index (κ2) is 3.98. The van der Waals surface area contributed by atoms with Crippen molar-refractivity contribution in [2.24, 2.45) is 0 Å². The van der Waals surface area contributed by atoms with E-state index >= 15 is 0 Å². The van der Waals surface area contributed by atoms with Gasteiger partial charge in [0.25, 0.3) is 0 Å². The van der Waals surface area contributed by atoms with Crippen LogP contribution in [-0.2, 0) is 4.74 Å². The van der Waals surface area contributed by atoms with E-state index in [2.05, 4.69) is 10.6 Å². The molecule has 0 aromatic carbocycles. The van der Waals surface area contributed by atoms with E-state index in [9.17, 15) is 9.90 Å². The number of aliphatic hydroxyl groups is 1. The molecule has 88 valence electrons. The van der Waals surface area contributed by atoms with Gasteiger partial charge in [0, 0.05) is 13.1 Å². The summed E-state index contributed by atoms with van der Waals surface area (Å²) in [6.45, 7) is 8.18. The molecule has 1 rings (SSSR count). The molecule has 0 saturated carbocycles. The molecule has 1 atom stereocenters. The fraction of sp³-hybridized carbons (Fsp3) is 0.900. The molecule has 0 spiro atoms. The maximum absolute atomic E-state index is 11.4. The number of carbonyl (C=O) groups is 1. The maximum atomic E-state index is 11.4. The van der Waals surface area contributed by atoms with Gasteiger partial charge >= 0.3 is 6.09 Å². The lowest BCUT2D eigenvalue weighted by atomic mass is 9.89. The Morgan fingerprint density at radius 3 is 2.40 bits per heavy atom. The molecule has 1 fully saturated rings. The number of hydrogen-bond acceptors (Lipinski definition) is 4. The molecule has 0 aliphatic carbocycles. The molecule has 0 aromatic rings. The summed E-state index contributed by atoms with van der Waals surface area (Å²) < 4.78 is 5.09. The van der Waals surface area contributed by atoms with Gasteiger partial charge in [0.05, 0.1) is 6.04 Å². The average molecular weight is 216 g/mol. The summed E-state index contributed by atoms with van der Waals surface area (Å²) in [5.74, 6) is 0. The lowest BCUT2D eigenvalue weighted by Crippen LogP contribution is -2.69. The van der Waals surface area contributed by atoms with Gasteiger partial charge in [-0.3, -0.25) is 0 Å². The number of β-amino-alcohol motifs (C(OH)–C–C–N with tert-alkyl or cyclic N) is 1. The topological polar surface area (TPSA) is 70.6 Å². The van der Waals surface area contributed by atoms with Crippen molar-refractivity contribution in [1.82, 2.24) is 10.6 Å². The third kappa shape index (κ3) is 3.35. The molecule has 1 aliphatic rings. The fourth-order valence-corrected chi connectivity index (χ4v) is 1.31. The summed E-state index contributed by atoms with van der Waals surface area (Å²) in [4.78, 5) is 11.4. The van der Waals surface area contributed by atoms with E-state index in [-0.39, 0.29) is 6.04 Å². The predicted molar refractivity (Wildman–Crippen MR) is 56.7 cm³/mol. The highest BCUT2D eigenvalue weighted by Gasteiger charge is 2.41. The van der Waals surface area contributed by atoms with Gasteiger partial charge in [0.1, 0.15) is 11.2 Å². The Bertz CT molecular complexity index is 244. The van der Waals surface area contributed by atoms with Crippen LogP contribution in [0.5, 0.6) is 0 Å². The number of carbonyl (C=O) groups excluding carboxylic acids is 1. The Morgan fingerprint density at radius 2 is 2.07 bits per heavy atom. The van der Waals surface area contributed by atoms with Gasteiger partial charge < -0.3 is 20.5 Å². The van der Waals surface area contributed by atoms with Crippen LogP contribution in [0.3, 0.4) is 0 Å².